The molecule has 1 aromatic carbocycles. The fourth-order valence-electron chi connectivity index (χ4n) is 4.00. The molecular formula is C17H15N3OS. The molecule has 0 bridgehead atoms. The van der Waals surface area contributed by atoms with Gasteiger partial charge in [-0.3, -0.25) is 0 Å². The number of aryl methyl sites for hydroxylation is 1. The van der Waals surface area contributed by atoms with Gasteiger partial charge in [-0.15, -0.1) is 11.3 Å². The van der Waals surface area contributed by atoms with Crippen LogP contribution in [0.4, 0.5) is 0 Å². The highest BCUT2D eigenvalue weighted by molar-refractivity contribution is 7.09. The number of hydrogen-bond acceptors (Lipinski definition) is 4. The molecule has 2 aliphatic rings. The molecule has 0 fully saturated rings. The van der Waals surface area contributed by atoms with Crippen LogP contribution in [0.25, 0.3) is 11.3 Å². The van der Waals surface area contributed by atoms with E-state index in [2.05, 4.69) is 38.8 Å². The fourth-order valence-corrected chi connectivity index (χ4v) is 4.90. The van der Waals surface area contributed by atoms with Crippen molar-refractivity contribution >= 4 is 11.3 Å². The number of aliphatic hydroxyl groups is 1. The molecule has 3 heterocycles. The predicted octanol–water partition coefficient (Wildman–Crippen LogP) is 3.21. The highest BCUT2D eigenvalue weighted by atomic mass is 32.1. The summed E-state index contributed by atoms with van der Waals surface area (Å²) in [6, 6.07) is 8.65. The largest absolute Gasteiger partial charge is 0.387 e. The molecule has 2 aromatic heterocycles. The first-order chi connectivity index (χ1) is 10.8. The summed E-state index contributed by atoms with van der Waals surface area (Å²) in [5, 5.41) is 10.9. The van der Waals surface area contributed by atoms with Gasteiger partial charge in [0.05, 0.1) is 46.4 Å². The molecular weight excluding hydrogens is 294 g/mol. The van der Waals surface area contributed by atoms with Crippen molar-refractivity contribution in [2.45, 2.75) is 25.0 Å². The van der Waals surface area contributed by atoms with Crippen molar-refractivity contribution in [3.05, 3.63) is 58.4 Å². The minimum absolute atomic E-state index is 0.166. The number of fused-ring (bicyclic) bond motifs is 4. The molecule has 3 aromatic rings. The van der Waals surface area contributed by atoms with Gasteiger partial charge in [0.25, 0.3) is 0 Å². The lowest BCUT2D eigenvalue weighted by Gasteiger charge is -2.33. The number of aliphatic hydroxyl groups excluding tert-OH is 1. The first kappa shape index (κ1) is 12.6. The molecule has 1 N–H and O–H groups in total. The van der Waals surface area contributed by atoms with Gasteiger partial charge in [0.1, 0.15) is 0 Å². The van der Waals surface area contributed by atoms with Gasteiger partial charge in [-0.25, -0.2) is 9.97 Å². The molecule has 0 unspecified atom stereocenters. The Kier molecular flexibility index (Phi) is 2.57. The average molecular weight is 309 g/mol. The lowest BCUT2D eigenvalue weighted by molar-refractivity contribution is 0.0748. The lowest BCUT2D eigenvalue weighted by Crippen LogP contribution is -2.27. The van der Waals surface area contributed by atoms with E-state index in [0.29, 0.717) is 0 Å². The summed E-state index contributed by atoms with van der Waals surface area (Å²) >= 11 is 1.57. The molecule has 0 amide bonds. The van der Waals surface area contributed by atoms with Crippen molar-refractivity contribution in [1.82, 2.24) is 14.5 Å². The Morgan fingerprint density at radius 3 is 3.14 bits per heavy atom. The van der Waals surface area contributed by atoms with Crippen LogP contribution in [0.1, 0.15) is 34.7 Å². The molecule has 3 atom stereocenters. The molecule has 0 saturated carbocycles. The van der Waals surface area contributed by atoms with Gasteiger partial charge in [0.15, 0.2) is 0 Å². The Bertz CT molecular complexity index is 853. The van der Waals surface area contributed by atoms with E-state index >= 15 is 0 Å². The first-order valence-corrected chi connectivity index (χ1v) is 8.44. The van der Waals surface area contributed by atoms with E-state index in [1.54, 1.807) is 11.3 Å². The van der Waals surface area contributed by atoms with E-state index in [4.69, 9.17) is 0 Å². The van der Waals surface area contributed by atoms with Gasteiger partial charge in [-0.05, 0) is 18.4 Å². The second-order valence-electron chi connectivity index (χ2n) is 6.03. The smallest absolute Gasteiger partial charge is 0.0956 e. The van der Waals surface area contributed by atoms with Gasteiger partial charge in [0.2, 0.25) is 0 Å². The van der Waals surface area contributed by atoms with Crippen molar-refractivity contribution in [3.63, 3.8) is 0 Å². The van der Waals surface area contributed by atoms with Crippen LogP contribution in [0.2, 0.25) is 0 Å². The van der Waals surface area contributed by atoms with E-state index in [9.17, 15) is 5.11 Å². The summed E-state index contributed by atoms with van der Waals surface area (Å²) < 4.78 is 2.23. The molecule has 4 nitrogen and oxygen atoms in total. The van der Waals surface area contributed by atoms with Crippen molar-refractivity contribution in [2.24, 2.45) is 5.92 Å². The normalized spacial score (nSPS) is 25.6. The Morgan fingerprint density at radius 1 is 1.27 bits per heavy atom. The van der Waals surface area contributed by atoms with Crippen LogP contribution in [0.3, 0.4) is 0 Å². The van der Waals surface area contributed by atoms with E-state index in [-0.39, 0.29) is 12.0 Å². The van der Waals surface area contributed by atoms with Gasteiger partial charge in [-0.1, -0.05) is 24.3 Å². The van der Waals surface area contributed by atoms with Crippen LogP contribution in [0, 0.1) is 5.92 Å². The van der Waals surface area contributed by atoms with Crippen LogP contribution in [0.5, 0.6) is 0 Å². The van der Waals surface area contributed by atoms with Crippen LogP contribution < -0.4 is 0 Å². The second-order valence-corrected chi connectivity index (χ2v) is 6.92. The Labute approximate surface area is 132 Å². The van der Waals surface area contributed by atoms with Crippen LogP contribution in [-0.2, 0) is 6.42 Å². The second kappa shape index (κ2) is 4.51. The number of thiazole rings is 1. The standard InChI is InChI=1S/C17H15N3OS/c21-16-12(5-6-13-17(16)22-9-19-13)15-11-4-2-1-3-10(11)14-7-18-8-20(14)15/h1-4,7-9,12,15-16,21H,5-6H2/t12-,15-,16-/m1/s1. The topological polar surface area (TPSA) is 50.9 Å². The molecule has 0 radical (unpaired) electrons. The maximum Gasteiger partial charge on any atom is 0.0956 e. The minimum Gasteiger partial charge on any atom is -0.387 e. The average Bonchev–Trinajstić information content (AvgIpc) is 3.23. The molecule has 0 spiro atoms. The summed E-state index contributed by atoms with van der Waals surface area (Å²) in [5.74, 6) is 0.171. The van der Waals surface area contributed by atoms with Crippen LogP contribution in [-0.4, -0.2) is 19.6 Å². The maximum atomic E-state index is 10.9. The predicted molar refractivity (Wildman–Crippen MR) is 84.7 cm³/mol. The number of rotatable bonds is 1. The number of aromatic nitrogens is 3. The summed E-state index contributed by atoms with van der Waals surface area (Å²) in [7, 11) is 0. The monoisotopic (exact) mass is 309 g/mol. The van der Waals surface area contributed by atoms with Crippen molar-refractivity contribution < 1.29 is 5.11 Å². The minimum atomic E-state index is -0.442. The summed E-state index contributed by atoms with van der Waals surface area (Å²) in [6.45, 7) is 0. The Hall–Kier alpha value is -1.98. The van der Waals surface area contributed by atoms with E-state index in [0.717, 1.165) is 29.1 Å². The van der Waals surface area contributed by atoms with Crippen molar-refractivity contribution in [3.8, 4) is 11.3 Å². The Balaban J connectivity index is 1.65. The quantitative estimate of drug-likeness (QED) is 0.751. The molecule has 1 aliphatic heterocycles. The first-order valence-electron chi connectivity index (χ1n) is 7.56. The molecule has 5 rings (SSSR count). The third-order valence-corrected chi connectivity index (χ3v) is 5.93. The number of imidazole rings is 1. The lowest BCUT2D eigenvalue weighted by atomic mass is 9.80. The number of hydrogen-bond donors (Lipinski definition) is 1. The van der Waals surface area contributed by atoms with Crippen LogP contribution in [0.15, 0.2) is 42.3 Å². The van der Waals surface area contributed by atoms with Gasteiger partial charge >= 0.3 is 0 Å². The summed E-state index contributed by atoms with van der Waals surface area (Å²) in [4.78, 5) is 9.75. The molecule has 22 heavy (non-hydrogen) atoms. The number of nitrogens with zero attached hydrogens (tertiary/aromatic N) is 3. The zero-order valence-electron chi connectivity index (χ0n) is 11.9. The third-order valence-electron chi connectivity index (χ3n) is 4.99. The van der Waals surface area contributed by atoms with E-state index < -0.39 is 6.10 Å². The van der Waals surface area contributed by atoms with Gasteiger partial charge in [-0.2, -0.15) is 0 Å². The maximum absolute atomic E-state index is 10.9. The summed E-state index contributed by atoms with van der Waals surface area (Å²) in [5.41, 5.74) is 6.62. The zero-order valence-corrected chi connectivity index (χ0v) is 12.7. The van der Waals surface area contributed by atoms with Gasteiger partial charge in [0, 0.05) is 11.5 Å². The zero-order chi connectivity index (χ0) is 14.7. The molecule has 1 aliphatic carbocycles. The number of benzene rings is 1. The molecule has 5 heteroatoms. The molecule has 0 saturated heterocycles. The Morgan fingerprint density at radius 2 is 2.18 bits per heavy atom. The van der Waals surface area contributed by atoms with E-state index in [1.165, 1.54) is 11.1 Å². The highest BCUT2D eigenvalue weighted by Gasteiger charge is 2.41. The third kappa shape index (κ3) is 1.55. The van der Waals surface area contributed by atoms with Gasteiger partial charge < -0.3 is 9.67 Å². The summed E-state index contributed by atoms with van der Waals surface area (Å²) in [6.07, 6.45) is 5.28. The van der Waals surface area contributed by atoms with Crippen molar-refractivity contribution in [1.29, 1.82) is 0 Å². The fraction of sp³-hybridized carbons (Fsp3) is 0.294. The van der Waals surface area contributed by atoms with Crippen LogP contribution >= 0.6 is 11.3 Å². The highest BCUT2D eigenvalue weighted by Crippen LogP contribution is 2.50. The molecule has 110 valence electrons. The van der Waals surface area contributed by atoms with E-state index in [1.807, 2.05) is 18.0 Å². The SMILES string of the molecule is O[C@H]1c2scnc2CC[C@@H]1[C@H]1c2ccccc2-c2cncn21. The van der Waals surface area contributed by atoms with Crippen molar-refractivity contribution in [2.75, 3.05) is 0 Å².